The zero-order chi connectivity index (χ0) is 14.2. The van der Waals surface area contributed by atoms with Crippen molar-refractivity contribution in [3.05, 3.63) is 48.0 Å². The van der Waals surface area contributed by atoms with Crippen LogP contribution >= 0.6 is 0 Å². The van der Waals surface area contributed by atoms with Gasteiger partial charge in [-0.15, -0.1) is 0 Å². The van der Waals surface area contributed by atoms with Crippen LogP contribution in [0.25, 0.3) is 0 Å². The van der Waals surface area contributed by atoms with E-state index in [1.54, 1.807) is 11.0 Å². The van der Waals surface area contributed by atoms with Gasteiger partial charge in [0.1, 0.15) is 12.7 Å². The lowest BCUT2D eigenvalue weighted by atomic mass is 10.1. The van der Waals surface area contributed by atoms with Gasteiger partial charge in [-0.05, 0) is 24.1 Å². The molecule has 0 radical (unpaired) electrons. The molecule has 1 aromatic heterocycles. The monoisotopic (exact) mass is 273 g/mol. The average molecular weight is 273 g/mol. The van der Waals surface area contributed by atoms with Gasteiger partial charge in [-0.25, -0.2) is 4.98 Å². The Morgan fingerprint density at radius 2 is 2.00 bits per heavy atom. The molecule has 1 heterocycles. The highest BCUT2D eigenvalue weighted by atomic mass is 16.1. The van der Waals surface area contributed by atoms with E-state index in [0.717, 1.165) is 12.0 Å². The van der Waals surface area contributed by atoms with Crippen LogP contribution in [0.1, 0.15) is 17.5 Å². The van der Waals surface area contributed by atoms with Gasteiger partial charge in [0.05, 0.1) is 6.54 Å². The molecule has 2 rings (SSSR count). The largest absolute Gasteiger partial charge is 0.352 e. The Hall–Kier alpha value is -2.21. The quantitative estimate of drug-likeness (QED) is 0.768. The number of nitrogens with one attached hydrogen (secondary N) is 1. The molecule has 6 nitrogen and oxygen atoms in total. The highest BCUT2D eigenvalue weighted by Gasteiger charge is 2.02. The average Bonchev–Trinajstić information content (AvgIpc) is 2.98. The minimum absolute atomic E-state index is 0.00605. The minimum Gasteiger partial charge on any atom is -0.352 e. The first-order chi connectivity index (χ1) is 9.78. The van der Waals surface area contributed by atoms with Crippen LogP contribution < -0.4 is 11.1 Å². The van der Waals surface area contributed by atoms with Crippen LogP contribution in [0.2, 0.25) is 0 Å². The molecule has 0 fully saturated rings. The fourth-order valence-electron chi connectivity index (χ4n) is 1.84. The zero-order valence-electron chi connectivity index (χ0n) is 11.3. The molecule has 1 aromatic carbocycles. The predicted molar refractivity (Wildman–Crippen MR) is 75.7 cm³/mol. The van der Waals surface area contributed by atoms with Gasteiger partial charge < -0.3 is 11.1 Å². The summed E-state index contributed by atoms with van der Waals surface area (Å²) in [5.41, 5.74) is 7.80. The molecule has 106 valence electrons. The molecule has 0 saturated heterocycles. The normalized spacial score (nSPS) is 10.4. The Kier molecular flexibility index (Phi) is 5.25. The van der Waals surface area contributed by atoms with Crippen LogP contribution in [0.4, 0.5) is 0 Å². The van der Waals surface area contributed by atoms with Gasteiger partial charge in [-0.2, -0.15) is 5.10 Å². The Morgan fingerprint density at radius 1 is 1.25 bits per heavy atom. The number of aromatic nitrogens is 3. The van der Waals surface area contributed by atoms with Gasteiger partial charge in [0.15, 0.2) is 0 Å². The highest BCUT2D eigenvalue weighted by Crippen LogP contribution is 2.04. The van der Waals surface area contributed by atoms with Gasteiger partial charge in [-0.1, -0.05) is 24.3 Å². The van der Waals surface area contributed by atoms with Crippen LogP contribution in [-0.4, -0.2) is 27.2 Å². The number of nitrogens with zero attached hydrogens (tertiary/aromatic N) is 3. The summed E-state index contributed by atoms with van der Waals surface area (Å²) in [5, 5.41) is 6.84. The van der Waals surface area contributed by atoms with E-state index in [2.05, 4.69) is 15.4 Å². The van der Waals surface area contributed by atoms with Gasteiger partial charge in [0.2, 0.25) is 5.91 Å². The maximum atomic E-state index is 11.7. The maximum absolute atomic E-state index is 11.7. The van der Waals surface area contributed by atoms with Crippen molar-refractivity contribution in [2.75, 3.05) is 6.54 Å². The SMILES string of the molecule is NCCc1ccc(CNC(=O)CCn2cncn2)cc1. The Balaban J connectivity index is 1.72. The van der Waals surface area contributed by atoms with Crippen molar-refractivity contribution < 1.29 is 4.79 Å². The molecule has 0 saturated carbocycles. The standard InChI is InChI=1S/C14H19N5O/c15-7-5-12-1-3-13(4-2-12)9-17-14(20)6-8-19-11-16-10-18-19/h1-4,10-11H,5-9,15H2,(H,17,20). The summed E-state index contributed by atoms with van der Waals surface area (Å²) in [6.07, 6.45) is 4.34. The Labute approximate surface area is 118 Å². The molecule has 0 atom stereocenters. The Bertz CT molecular complexity index is 521. The molecule has 0 aliphatic carbocycles. The van der Waals surface area contributed by atoms with Crippen molar-refractivity contribution in [3.8, 4) is 0 Å². The van der Waals surface area contributed by atoms with E-state index in [-0.39, 0.29) is 5.91 Å². The number of hydrogen-bond donors (Lipinski definition) is 2. The number of benzene rings is 1. The number of rotatable bonds is 7. The van der Waals surface area contributed by atoms with Gasteiger partial charge in [-0.3, -0.25) is 9.48 Å². The fourth-order valence-corrected chi connectivity index (χ4v) is 1.84. The van der Waals surface area contributed by atoms with Gasteiger partial charge in [0, 0.05) is 13.0 Å². The third-order valence-corrected chi connectivity index (χ3v) is 2.98. The van der Waals surface area contributed by atoms with E-state index < -0.39 is 0 Å². The van der Waals surface area contributed by atoms with Crippen molar-refractivity contribution in [2.45, 2.75) is 25.9 Å². The fraction of sp³-hybridized carbons (Fsp3) is 0.357. The van der Waals surface area contributed by atoms with Crippen LogP contribution in [0.3, 0.4) is 0 Å². The minimum atomic E-state index is 0.00605. The second-order valence-electron chi connectivity index (χ2n) is 4.54. The van der Waals surface area contributed by atoms with E-state index in [9.17, 15) is 4.79 Å². The molecule has 2 aromatic rings. The van der Waals surface area contributed by atoms with E-state index in [1.165, 1.54) is 11.9 Å². The lowest BCUT2D eigenvalue weighted by Gasteiger charge is -2.06. The van der Waals surface area contributed by atoms with Crippen molar-refractivity contribution in [1.82, 2.24) is 20.1 Å². The third kappa shape index (κ3) is 4.47. The first-order valence-electron chi connectivity index (χ1n) is 6.65. The first kappa shape index (κ1) is 14.2. The van der Waals surface area contributed by atoms with Gasteiger partial charge in [0.25, 0.3) is 0 Å². The smallest absolute Gasteiger partial charge is 0.222 e. The molecule has 1 amide bonds. The zero-order valence-corrected chi connectivity index (χ0v) is 11.3. The number of nitrogens with two attached hydrogens (primary N) is 1. The lowest BCUT2D eigenvalue weighted by molar-refractivity contribution is -0.121. The molecular formula is C14H19N5O. The summed E-state index contributed by atoms with van der Waals surface area (Å²) in [6.45, 7) is 1.73. The molecule has 6 heteroatoms. The molecule has 0 unspecified atom stereocenters. The topological polar surface area (TPSA) is 85.8 Å². The first-order valence-corrected chi connectivity index (χ1v) is 6.65. The number of carbonyl (C=O) groups excluding carboxylic acids is 1. The number of aryl methyl sites for hydroxylation is 1. The van der Waals surface area contributed by atoms with Crippen LogP contribution in [0.5, 0.6) is 0 Å². The number of carbonyl (C=O) groups is 1. The summed E-state index contributed by atoms with van der Waals surface area (Å²) >= 11 is 0. The molecular weight excluding hydrogens is 254 g/mol. The summed E-state index contributed by atoms with van der Waals surface area (Å²) in [4.78, 5) is 15.5. The summed E-state index contributed by atoms with van der Waals surface area (Å²) < 4.78 is 1.64. The highest BCUT2D eigenvalue weighted by molar-refractivity contribution is 5.75. The van der Waals surface area contributed by atoms with Crippen molar-refractivity contribution in [1.29, 1.82) is 0 Å². The lowest BCUT2D eigenvalue weighted by Crippen LogP contribution is -2.24. The van der Waals surface area contributed by atoms with Crippen LogP contribution in [0.15, 0.2) is 36.9 Å². The molecule has 0 aliphatic heterocycles. The predicted octanol–water partition coefficient (Wildman–Crippen LogP) is 0.486. The summed E-state index contributed by atoms with van der Waals surface area (Å²) in [6, 6.07) is 8.12. The molecule has 3 N–H and O–H groups in total. The molecule has 0 spiro atoms. The van der Waals surface area contributed by atoms with E-state index >= 15 is 0 Å². The molecule has 0 bridgehead atoms. The summed E-state index contributed by atoms with van der Waals surface area (Å²) in [7, 11) is 0. The second kappa shape index (κ2) is 7.40. The third-order valence-electron chi connectivity index (χ3n) is 2.98. The second-order valence-corrected chi connectivity index (χ2v) is 4.54. The van der Waals surface area contributed by atoms with Crippen molar-refractivity contribution in [3.63, 3.8) is 0 Å². The van der Waals surface area contributed by atoms with Crippen LogP contribution in [-0.2, 0) is 24.3 Å². The molecule has 0 aliphatic rings. The molecule has 20 heavy (non-hydrogen) atoms. The van der Waals surface area contributed by atoms with Crippen molar-refractivity contribution in [2.24, 2.45) is 5.73 Å². The number of hydrogen-bond acceptors (Lipinski definition) is 4. The number of amides is 1. The Morgan fingerprint density at radius 3 is 2.65 bits per heavy atom. The summed E-state index contributed by atoms with van der Waals surface area (Å²) in [5.74, 6) is 0.00605. The van der Waals surface area contributed by atoms with Crippen molar-refractivity contribution >= 4 is 5.91 Å². The van der Waals surface area contributed by atoms with Gasteiger partial charge >= 0.3 is 0 Å². The van der Waals surface area contributed by atoms with E-state index in [1.807, 2.05) is 24.3 Å². The van der Waals surface area contributed by atoms with Crippen LogP contribution in [0, 0.1) is 0 Å². The van der Waals surface area contributed by atoms with E-state index in [4.69, 9.17) is 5.73 Å². The van der Waals surface area contributed by atoms with E-state index in [0.29, 0.717) is 26.1 Å². The maximum Gasteiger partial charge on any atom is 0.222 e.